The Hall–Kier alpha value is -0.460. The first-order chi connectivity index (χ1) is 7.81. The maximum absolute atomic E-state index is 5.87. The molecule has 0 bridgehead atoms. The molecule has 1 fully saturated rings. The van der Waals surface area contributed by atoms with E-state index in [-0.39, 0.29) is 6.04 Å². The van der Waals surface area contributed by atoms with Crippen molar-refractivity contribution in [2.75, 3.05) is 17.3 Å². The summed E-state index contributed by atoms with van der Waals surface area (Å²) in [6.45, 7) is 3.65. The monoisotopic (exact) mass is 257 g/mol. The van der Waals surface area contributed by atoms with Gasteiger partial charge in [0.25, 0.3) is 0 Å². The third-order valence-corrected chi connectivity index (χ3v) is 5.05. The van der Waals surface area contributed by atoms with Gasteiger partial charge in [-0.1, -0.05) is 11.2 Å². The van der Waals surface area contributed by atoms with E-state index in [9.17, 15) is 0 Å². The number of nitrogens with zero attached hydrogens (tertiary/aromatic N) is 2. The molecular formula is C10H15N3OS2. The van der Waals surface area contributed by atoms with E-state index < -0.39 is 0 Å². The van der Waals surface area contributed by atoms with Crippen LogP contribution >= 0.6 is 23.5 Å². The Morgan fingerprint density at radius 2 is 2.50 bits per heavy atom. The molecule has 4 nitrogen and oxygen atoms in total. The molecule has 16 heavy (non-hydrogen) atoms. The zero-order valence-electron chi connectivity index (χ0n) is 8.96. The van der Waals surface area contributed by atoms with E-state index in [0.717, 1.165) is 17.3 Å². The molecule has 1 aliphatic rings. The van der Waals surface area contributed by atoms with Crippen LogP contribution in [-0.4, -0.2) is 27.4 Å². The summed E-state index contributed by atoms with van der Waals surface area (Å²) in [7, 11) is 0. The van der Waals surface area contributed by atoms with Gasteiger partial charge in [-0.15, -0.1) is 18.3 Å². The van der Waals surface area contributed by atoms with Gasteiger partial charge in [-0.3, -0.25) is 0 Å². The molecule has 6 heteroatoms. The van der Waals surface area contributed by atoms with E-state index in [1.54, 1.807) is 6.08 Å². The van der Waals surface area contributed by atoms with Crippen LogP contribution in [0.5, 0.6) is 0 Å². The van der Waals surface area contributed by atoms with Crippen molar-refractivity contribution >= 4 is 23.5 Å². The van der Waals surface area contributed by atoms with Crippen LogP contribution in [0.25, 0.3) is 0 Å². The molecule has 1 aromatic heterocycles. The Kier molecular flexibility index (Phi) is 4.31. The molecular weight excluding hydrogens is 242 g/mol. The van der Waals surface area contributed by atoms with Gasteiger partial charge in [0.1, 0.15) is 0 Å². The lowest BCUT2D eigenvalue weighted by Gasteiger charge is -2.17. The molecule has 2 unspecified atom stereocenters. The zero-order chi connectivity index (χ0) is 11.4. The van der Waals surface area contributed by atoms with Gasteiger partial charge < -0.3 is 10.3 Å². The largest absolute Gasteiger partial charge is 0.338 e. The molecule has 2 rings (SSSR count). The normalized spacial score (nSPS) is 22.9. The van der Waals surface area contributed by atoms with E-state index in [1.165, 1.54) is 5.75 Å². The highest BCUT2D eigenvalue weighted by atomic mass is 32.2. The standard InChI is InChI=1S/C10H15N3OS2/c1-2-3-7(11)10-12-9(13-14-10)8-6-15-4-5-16-8/h2,7-8H,1,3-6,11H2. The first kappa shape index (κ1) is 12.0. The van der Waals surface area contributed by atoms with E-state index in [1.807, 2.05) is 23.5 Å². The van der Waals surface area contributed by atoms with Crippen LogP contribution < -0.4 is 5.73 Å². The highest BCUT2D eigenvalue weighted by molar-refractivity contribution is 8.06. The molecule has 0 aromatic carbocycles. The topological polar surface area (TPSA) is 64.9 Å². The van der Waals surface area contributed by atoms with Crippen LogP contribution in [-0.2, 0) is 0 Å². The van der Waals surface area contributed by atoms with Crippen LogP contribution in [0.2, 0.25) is 0 Å². The number of thioether (sulfide) groups is 2. The summed E-state index contributed by atoms with van der Waals surface area (Å²) in [6.07, 6.45) is 2.42. The maximum atomic E-state index is 5.87. The van der Waals surface area contributed by atoms with Crippen molar-refractivity contribution in [2.24, 2.45) is 5.73 Å². The number of aromatic nitrogens is 2. The minimum atomic E-state index is -0.222. The second-order valence-electron chi connectivity index (χ2n) is 3.56. The van der Waals surface area contributed by atoms with Gasteiger partial charge in [0, 0.05) is 17.3 Å². The lowest BCUT2D eigenvalue weighted by molar-refractivity contribution is 0.351. The molecule has 2 atom stereocenters. The quantitative estimate of drug-likeness (QED) is 0.834. The molecule has 0 radical (unpaired) electrons. The van der Waals surface area contributed by atoms with Gasteiger partial charge >= 0.3 is 0 Å². The Bertz CT molecular complexity index is 350. The van der Waals surface area contributed by atoms with Gasteiger partial charge in [-0.05, 0) is 6.42 Å². The summed E-state index contributed by atoms with van der Waals surface area (Å²) < 4.78 is 5.18. The molecule has 0 spiro atoms. The molecule has 0 saturated carbocycles. The van der Waals surface area contributed by atoms with Crippen molar-refractivity contribution in [1.82, 2.24) is 10.1 Å². The van der Waals surface area contributed by atoms with Crippen LogP contribution in [0.15, 0.2) is 17.2 Å². The number of hydrogen-bond acceptors (Lipinski definition) is 6. The van der Waals surface area contributed by atoms with Crippen molar-refractivity contribution in [3.8, 4) is 0 Å². The van der Waals surface area contributed by atoms with Crippen molar-refractivity contribution in [1.29, 1.82) is 0 Å². The van der Waals surface area contributed by atoms with Crippen LogP contribution in [0.1, 0.15) is 29.4 Å². The van der Waals surface area contributed by atoms with Crippen LogP contribution in [0.4, 0.5) is 0 Å². The Balaban J connectivity index is 2.03. The summed E-state index contributed by atoms with van der Waals surface area (Å²) in [4.78, 5) is 4.37. The van der Waals surface area contributed by atoms with Crippen molar-refractivity contribution in [3.63, 3.8) is 0 Å². The predicted octanol–water partition coefficient (Wildman–Crippen LogP) is 2.17. The lowest BCUT2D eigenvalue weighted by Crippen LogP contribution is -2.11. The molecule has 2 heterocycles. The van der Waals surface area contributed by atoms with E-state index in [0.29, 0.717) is 17.6 Å². The third-order valence-electron chi connectivity index (χ3n) is 2.30. The second kappa shape index (κ2) is 5.75. The maximum Gasteiger partial charge on any atom is 0.243 e. The van der Waals surface area contributed by atoms with Gasteiger partial charge in [0.15, 0.2) is 5.82 Å². The van der Waals surface area contributed by atoms with E-state index >= 15 is 0 Å². The lowest BCUT2D eigenvalue weighted by atomic mass is 10.2. The molecule has 88 valence electrons. The summed E-state index contributed by atoms with van der Waals surface area (Å²) >= 11 is 3.82. The first-order valence-electron chi connectivity index (χ1n) is 5.20. The fourth-order valence-corrected chi connectivity index (χ4v) is 4.03. The molecule has 0 aliphatic carbocycles. The Morgan fingerprint density at radius 1 is 1.62 bits per heavy atom. The molecule has 1 aliphatic heterocycles. The summed E-state index contributed by atoms with van der Waals surface area (Å²) in [6, 6.07) is -0.222. The van der Waals surface area contributed by atoms with Gasteiger partial charge in [-0.2, -0.15) is 16.7 Å². The van der Waals surface area contributed by atoms with Crippen molar-refractivity contribution in [2.45, 2.75) is 17.7 Å². The Labute approximate surface area is 103 Å². The highest BCUT2D eigenvalue weighted by Gasteiger charge is 2.23. The average molecular weight is 257 g/mol. The number of hydrogen-bond donors (Lipinski definition) is 1. The molecule has 1 saturated heterocycles. The van der Waals surface area contributed by atoms with Gasteiger partial charge in [0.2, 0.25) is 5.89 Å². The second-order valence-corrected chi connectivity index (χ2v) is 6.02. The van der Waals surface area contributed by atoms with Gasteiger partial charge in [0.05, 0.1) is 11.3 Å². The van der Waals surface area contributed by atoms with Crippen LogP contribution in [0, 0.1) is 0 Å². The van der Waals surface area contributed by atoms with E-state index in [4.69, 9.17) is 10.3 Å². The molecule has 1 aromatic rings. The third kappa shape index (κ3) is 2.81. The summed E-state index contributed by atoms with van der Waals surface area (Å²) in [5, 5.41) is 4.36. The SMILES string of the molecule is C=CCC(N)c1nc(C2CSCCS2)no1. The van der Waals surface area contributed by atoms with Crippen molar-refractivity contribution < 1.29 is 4.52 Å². The fourth-order valence-electron chi connectivity index (χ4n) is 1.45. The molecule has 2 N–H and O–H groups in total. The van der Waals surface area contributed by atoms with Crippen molar-refractivity contribution in [3.05, 3.63) is 24.4 Å². The Morgan fingerprint density at radius 3 is 3.19 bits per heavy atom. The fraction of sp³-hybridized carbons (Fsp3) is 0.600. The van der Waals surface area contributed by atoms with Crippen LogP contribution in [0.3, 0.4) is 0 Å². The van der Waals surface area contributed by atoms with E-state index in [2.05, 4.69) is 16.7 Å². The zero-order valence-corrected chi connectivity index (χ0v) is 10.6. The average Bonchev–Trinajstić information content (AvgIpc) is 2.80. The number of rotatable bonds is 4. The minimum absolute atomic E-state index is 0.222. The summed E-state index contributed by atoms with van der Waals surface area (Å²) in [5.41, 5.74) is 5.87. The van der Waals surface area contributed by atoms with Gasteiger partial charge in [-0.25, -0.2) is 0 Å². The number of nitrogens with two attached hydrogens (primary N) is 1. The molecule has 0 amide bonds. The minimum Gasteiger partial charge on any atom is -0.338 e. The summed E-state index contributed by atoms with van der Waals surface area (Å²) in [5.74, 6) is 4.72. The first-order valence-corrected chi connectivity index (χ1v) is 7.41. The smallest absolute Gasteiger partial charge is 0.243 e. The highest BCUT2D eigenvalue weighted by Crippen LogP contribution is 2.35. The predicted molar refractivity (Wildman–Crippen MR) is 68.6 cm³/mol.